The van der Waals surface area contributed by atoms with Gasteiger partial charge in [0.15, 0.2) is 0 Å². The van der Waals surface area contributed by atoms with Crippen LogP contribution in [0.2, 0.25) is 0 Å². The lowest BCUT2D eigenvalue weighted by atomic mass is 9.86. The molecule has 2 rings (SSSR count). The van der Waals surface area contributed by atoms with Crippen molar-refractivity contribution in [1.82, 2.24) is 10.2 Å². The first-order chi connectivity index (χ1) is 8.98. The van der Waals surface area contributed by atoms with Crippen LogP contribution in [-0.2, 0) is 5.41 Å². The Morgan fingerprint density at radius 3 is 2.74 bits per heavy atom. The van der Waals surface area contributed by atoms with Gasteiger partial charge in [-0.25, -0.2) is 0 Å². The first-order valence-corrected chi connectivity index (χ1v) is 7.23. The van der Waals surface area contributed by atoms with Crippen molar-refractivity contribution in [2.75, 3.05) is 38.5 Å². The van der Waals surface area contributed by atoms with Gasteiger partial charge in [-0.1, -0.05) is 39.0 Å². The van der Waals surface area contributed by atoms with Crippen molar-refractivity contribution in [2.24, 2.45) is 0 Å². The minimum absolute atomic E-state index is 0.181. The molecule has 1 aliphatic heterocycles. The highest BCUT2D eigenvalue weighted by molar-refractivity contribution is 5.54. The number of nitrogens with zero attached hydrogens (tertiary/aromatic N) is 1. The number of likely N-dealkylation sites (N-methyl/N-ethyl adjacent to an activating group) is 1. The van der Waals surface area contributed by atoms with Crippen LogP contribution in [-0.4, -0.2) is 44.2 Å². The van der Waals surface area contributed by atoms with E-state index in [1.165, 1.54) is 11.3 Å². The highest BCUT2D eigenvalue weighted by Gasteiger charge is 2.20. The molecule has 106 valence electrons. The first kappa shape index (κ1) is 14.4. The predicted molar refractivity (Wildman–Crippen MR) is 82.9 cm³/mol. The van der Waals surface area contributed by atoms with Gasteiger partial charge in [-0.2, -0.15) is 0 Å². The molecule has 0 aliphatic carbocycles. The van der Waals surface area contributed by atoms with Gasteiger partial charge in [0.1, 0.15) is 0 Å². The quantitative estimate of drug-likeness (QED) is 0.874. The summed E-state index contributed by atoms with van der Waals surface area (Å²) in [6.45, 7) is 11.1. The molecule has 19 heavy (non-hydrogen) atoms. The zero-order valence-corrected chi connectivity index (χ0v) is 12.7. The highest BCUT2D eigenvalue weighted by Crippen LogP contribution is 2.29. The number of piperazine rings is 1. The molecule has 0 radical (unpaired) electrons. The molecule has 0 aromatic heterocycles. The fourth-order valence-electron chi connectivity index (χ4n) is 2.61. The molecule has 0 spiro atoms. The molecule has 0 amide bonds. The van der Waals surface area contributed by atoms with Crippen molar-refractivity contribution >= 4 is 5.69 Å². The molecular weight excluding hydrogens is 234 g/mol. The summed E-state index contributed by atoms with van der Waals surface area (Å²) in [6, 6.07) is 9.23. The van der Waals surface area contributed by atoms with Crippen LogP contribution >= 0.6 is 0 Å². The number of rotatable bonds is 3. The van der Waals surface area contributed by atoms with E-state index in [1.807, 2.05) is 0 Å². The third-order valence-electron chi connectivity index (χ3n) is 3.91. The molecule has 1 atom stereocenters. The molecule has 1 aromatic rings. The number of nitrogens with one attached hydrogen (secondary N) is 2. The normalized spacial score (nSPS) is 21.4. The van der Waals surface area contributed by atoms with Crippen molar-refractivity contribution in [3.63, 3.8) is 0 Å². The van der Waals surface area contributed by atoms with Gasteiger partial charge in [-0.15, -0.1) is 0 Å². The second-order valence-electron chi connectivity index (χ2n) is 6.52. The van der Waals surface area contributed by atoms with Crippen molar-refractivity contribution in [3.8, 4) is 0 Å². The van der Waals surface area contributed by atoms with Crippen molar-refractivity contribution < 1.29 is 0 Å². The van der Waals surface area contributed by atoms with Crippen LogP contribution < -0.4 is 10.6 Å². The molecule has 3 heteroatoms. The van der Waals surface area contributed by atoms with Crippen LogP contribution in [0.4, 0.5) is 5.69 Å². The number of anilines is 1. The Hall–Kier alpha value is -1.06. The summed E-state index contributed by atoms with van der Waals surface area (Å²) in [4.78, 5) is 2.43. The molecule has 1 aliphatic rings. The molecular formula is C16H27N3. The fraction of sp³-hybridized carbons (Fsp3) is 0.625. The number of benzene rings is 1. The minimum atomic E-state index is 0.181. The van der Waals surface area contributed by atoms with Crippen LogP contribution in [0.25, 0.3) is 0 Å². The topological polar surface area (TPSA) is 27.3 Å². The van der Waals surface area contributed by atoms with Crippen LogP contribution in [0, 0.1) is 0 Å². The molecule has 1 fully saturated rings. The van der Waals surface area contributed by atoms with E-state index in [0.29, 0.717) is 6.04 Å². The Morgan fingerprint density at radius 1 is 1.32 bits per heavy atom. The second-order valence-corrected chi connectivity index (χ2v) is 6.52. The summed E-state index contributed by atoms with van der Waals surface area (Å²) in [5.41, 5.74) is 2.84. The summed E-state index contributed by atoms with van der Waals surface area (Å²) in [7, 11) is 2.21. The van der Waals surface area contributed by atoms with E-state index in [9.17, 15) is 0 Å². The van der Waals surface area contributed by atoms with Gasteiger partial charge < -0.3 is 10.6 Å². The van der Waals surface area contributed by atoms with E-state index in [2.05, 4.69) is 67.6 Å². The van der Waals surface area contributed by atoms with Gasteiger partial charge in [0.2, 0.25) is 0 Å². The van der Waals surface area contributed by atoms with Crippen LogP contribution in [0.1, 0.15) is 26.3 Å². The standard InChI is InChI=1S/C16H27N3/c1-16(2,3)14-7-5-6-8-15(14)18-12-13-11-17-9-10-19(13)4/h5-8,13,17-18H,9-12H2,1-4H3. The zero-order valence-electron chi connectivity index (χ0n) is 12.7. The van der Waals surface area contributed by atoms with E-state index in [-0.39, 0.29) is 5.41 Å². The summed E-state index contributed by atoms with van der Waals surface area (Å²) in [5.74, 6) is 0. The third kappa shape index (κ3) is 3.71. The second kappa shape index (κ2) is 5.93. The summed E-state index contributed by atoms with van der Waals surface area (Å²) < 4.78 is 0. The van der Waals surface area contributed by atoms with Crippen molar-refractivity contribution in [3.05, 3.63) is 29.8 Å². The van der Waals surface area contributed by atoms with Crippen molar-refractivity contribution in [2.45, 2.75) is 32.2 Å². The third-order valence-corrected chi connectivity index (χ3v) is 3.91. The maximum Gasteiger partial charge on any atom is 0.0390 e. The summed E-state index contributed by atoms with van der Waals surface area (Å²) in [5, 5.41) is 7.10. The van der Waals surface area contributed by atoms with E-state index in [4.69, 9.17) is 0 Å². The van der Waals surface area contributed by atoms with Gasteiger partial charge in [0.25, 0.3) is 0 Å². The Kier molecular flexibility index (Phi) is 4.48. The number of hydrogen-bond acceptors (Lipinski definition) is 3. The maximum atomic E-state index is 3.64. The Bertz CT molecular complexity index is 409. The molecule has 0 saturated carbocycles. The van der Waals surface area contributed by atoms with E-state index < -0.39 is 0 Å². The lowest BCUT2D eigenvalue weighted by Gasteiger charge is -2.34. The van der Waals surface area contributed by atoms with E-state index >= 15 is 0 Å². The smallest absolute Gasteiger partial charge is 0.0390 e. The van der Waals surface area contributed by atoms with Gasteiger partial charge in [-0.05, 0) is 24.1 Å². The first-order valence-electron chi connectivity index (χ1n) is 7.23. The predicted octanol–water partition coefficient (Wildman–Crippen LogP) is 2.30. The van der Waals surface area contributed by atoms with Gasteiger partial charge in [-0.3, -0.25) is 4.90 Å². The molecule has 0 bridgehead atoms. The van der Waals surface area contributed by atoms with Gasteiger partial charge in [0.05, 0.1) is 0 Å². The van der Waals surface area contributed by atoms with Crippen LogP contribution in [0.5, 0.6) is 0 Å². The molecule has 1 heterocycles. The minimum Gasteiger partial charge on any atom is -0.383 e. The Morgan fingerprint density at radius 2 is 2.05 bits per heavy atom. The molecule has 1 aromatic carbocycles. The Labute approximate surface area is 117 Å². The fourth-order valence-corrected chi connectivity index (χ4v) is 2.61. The molecule has 1 unspecified atom stereocenters. The lowest BCUT2D eigenvalue weighted by molar-refractivity contribution is 0.209. The molecule has 3 nitrogen and oxygen atoms in total. The van der Waals surface area contributed by atoms with Crippen LogP contribution in [0.15, 0.2) is 24.3 Å². The van der Waals surface area contributed by atoms with Crippen LogP contribution in [0.3, 0.4) is 0 Å². The van der Waals surface area contributed by atoms with E-state index in [0.717, 1.165) is 26.2 Å². The molecule has 2 N–H and O–H groups in total. The van der Waals surface area contributed by atoms with Gasteiger partial charge >= 0.3 is 0 Å². The number of para-hydroxylation sites is 1. The lowest BCUT2D eigenvalue weighted by Crippen LogP contribution is -2.52. The molecule has 1 saturated heterocycles. The van der Waals surface area contributed by atoms with Gasteiger partial charge in [0, 0.05) is 37.9 Å². The SMILES string of the molecule is CN1CCNCC1CNc1ccccc1C(C)(C)C. The average Bonchev–Trinajstić information content (AvgIpc) is 2.37. The zero-order chi connectivity index (χ0) is 13.9. The Balaban J connectivity index is 2.03. The maximum absolute atomic E-state index is 3.64. The number of hydrogen-bond donors (Lipinski definition) is 2. The monoisotopic (exact) mass is 261 g/mol. The summed E-state index contributed by atoms with van der Waals surface area (Å²) in [6.07, 6.45) is 0. The summed E-state index contributed by atoms with van der Waals surface area (Å²) >= 11 is 0. The van der Waals surface area contributed by atoms with Crippen molar-refractivity contribution in [1.29, 1.82) is 0 Å². The average molecular weight is 261 g/mol. The van der Waals surface area contributed by atoms with E-state index in [1.54, 1.807) is 0 Å². The highest BCUT2D eigenvalue weighted by atomic mass is 15.2. The largest absolute Gasteiger partial charge is 0.383 e.